The van der Waals surface area contributed by atoms with Crippen LogP contribution in [0.25, 0.3) is 11.3 Å². The van der Waals surface area contributed by atoms with Gasteiger partial charge in [-0.25, -0.2) is 0 Å². The van der Waals surface area contributed by atoms with Crippen molar-refractivity contribution < 1.29 is 14.0 Å². The van der Waals surface area contributed by atoms with E-state index in [2.05, 4.69) is 0 Å². The third kappa shape index (κ3) is 2.54. The zero-order valence-electron chi connectivity index (χ0n) is 11.2. The lowest BCUT2D eigenvalue weighted by Crippen LogP contribution is -2.15. The highest BCUT2D eigenvalue weighted by atomic mass is 16.3. The van der Waals surface area contributed by atoms with Crippen LogP contribution in [0.4, 0.5) is 0 Å². The van der Waals surface area contributed by atoms with E-state index in [1.165, 1.54) is 6.26 Å². The Kier molecular flexibility index (Phi) is 3.48. The van der Waals surface area contributed by atoms with Gasteiger partial charge in [-0.2, -0.15) is 0 Å². The van der Waals surface area contributed by atoms with Gasteiger partial charge in [-0.1, -0.05) is 54.6 Å². The van der Waals surface area contributed by atoms with Crippen molar-refractivity contribution in [2.45, 2.75) is 0 Å². The second-order valence-electron chi connectivity index (χ2n) is 4.55. The summed E-state index contributed by atoms with van der Waals surface area (Å²) in [5.74, 6) is -0.484. The minimum atomic E-state index is -0.534. The van der Waals surface area contributed by atoms with Crippen molar-refractivity contribution in [3.63, 3.8) is 0 Å². The molecule has 0 radical (unpaired) electrons. The van der Waals surface area contributed by atoms with E-state index in [-0.39, 0.29) is 0 Å². The van der Waals surface area contributed by atoms with E-state index in [1.807, 2.05) is 6.07 Å². The average Bonchev–Trinajstić information content (AvgIpc) is 3.08. The van der Waals surface area contributed by atoms with Crippen molar-refractivity contribution in [2.24, 2.45) is 0 Å². The molecule has 2 aromatic carbocycles. The maximum Gasteiger partial charge on any atom is 0.234 e. The number of hydrogen-bond acceptors (Lipinski definition) is 3. The lowest BCUT2D eigenvalue weighted by Gasteiger charge is -2.06. The summed E-state index contributed by atoms with van der Waals surface area (Å²) in [6, 6.07) is 19.0. The smallest absolute Gasteiger partial charge is 0.234 e. The van der Waals surface area contributed by atoms with Crippen LogP contribution in [0, 0.1) is 0 Å². The molecule has 0 saturated heterocycles. The van der Waals surface area contributed by atoms with Gasteiger partial charge in [0.25, 0.3) is 0 Å². The third-order valence-electron chi connectivity index (χ3n) is 3.20. The fourth-order valence-electron chi connectivity index (χ4n) is 2.17. The van der Waals surface area contributed by atoms with Gasteiger partial charge >= 0.3 is 0 Å². The lowest BCUT2D eigenvalue weighted by molar-refractivity contribution is 0.0817. The number of Topliss-reactive ketones (excluding diaryl/α,β-unsaturated/α-hetero) is 2. The Morgan fingerprint density at radius 3 is 2.14 bits per heavy atom. The van der Waals surface area contributed by atoms with Gasteiger partial charge in [0, 0.05) is 16.7 Å². The molecule has 0 spiro atoms. The van der Waals surface area contributed by atoms with Crippen LogP contribution in [0.2, 0.25) is 0 Å². The summed E-state index contributed by atoms with van der Waals surface area (Å²) in [5, 5.41) is 0. The quantitative estimate of drug-likeness (QED) is 0.534. The Bertz CT molecular complexity index is 771. The summed E-state index contributed by atoms with van der Waals surface area (Å²) in [7, 11) is 0. The molecule has 0 bridgehead atoms. The molecule has 3 nitrogen and oxygen atoms in total. The molecule has 21 heavy (non-hydrogen) atoms. The van der Waals surface area contributed by atoms with Crippen LogP contribution in [0.15, 0.2) is 77.4 Å². The van der Waals surface area contributed by atoms with E-state index in [9.17, 15) is 9.59 Å². The molecule has 0 amide bonds. The zero-order chi connectivity index (χ0) is 14.7. The average molecular weight is 276 g/mol. The molecule has 0 unspecified atom stereocenters. The lowest BCUT2D eigenvalue weighted by atomic mass is 9.96. The SMILES string of the molecule is O=C(C(=O)c1ccccc1-c1ccco1)c1ccccc1. The first-order valence-corrected chi connectivity index (χ1v) is 6.54. The monoisotopic (exact) mass is 276 g/mol. The Morgan fingerprint density at radius 1 is 0.714 bits per heavy atom. The van der Waals surface area contributed by atoms with Gasteiger partial charge in [0.1, 0.15) is 5.76 Å². The predicted octanol–water partition coefficient (Wildman–Crippen LogP) is 4.01. The second-order valence-corrected chi connectivity index (χ2v) is 4.55. The number of carbonyl (C=O) groups is 2. The number of carbonyl (C=O) groups excluding carboxylic acids is 2. The van der Waals surface area contributed by atoms with E-state index >= 15 is 0 Å². The van der Waals surface area contributed by atoms with E-state index in [0.717, 1.165) is 0 Å². The van der Waals surface area contributed by atoms with Gasteiger partial charge in [-0.15, -0.1) is 0 Å². The predicted molar refractivity (Wildman–Crippen MR) is 79.2 cm³/mol. The van der Waals surface area contributed by atoms with Gasteiger partial charge in [0.2, 0.25) is 11.6 Å². The van der Waals surface area contributed by atoms with Crippen LogP contribution in [0.5, 0.6) is 0 Å². The fourth-order valence-corrected chi connectivity index (χ4v) is 2.17. The van der Waals surface area contributed by atoms with Crippen LogP contribution in [0.1, 0.15) is 20.7 Å². The van der Waals surface area contributed by atoms with E-state index in [0.29, 0.717) is 22.5 Å². The molecule has 3 heteroatoms. The van der Waals surface area contributed by atoms with E-state index in [4.69, 9.17) is 4.42 Å². The molecular formula is C18H12O3. The molecule has 0 aliphatic rings. The molecule has 0 saturated carbocycles. The number of hydrogen-bond donors (Lipinski definition) is 0. The summed E-state index contributed by atoms with van der Waals surface area (Å²) >= 11 is 0. The highest BCUT2D eigenvalue weighted by molar-refractivity contribution is 6.50. The highest BCUT2D eigenvalue weighted by Gasteiger charge is 2.21. The summed E-state index contributed by atoms with van der Waals surface area (Å²) in [6.45, 7) is 0. The van der Waals surface area contributed by atoms with Crippen molar-refractivity contribution in [3.05, 3.63) is 84.1 Å². The van der Waals surface area contributed by atoms with E-state index < -0.39 is 11.6 Å². The molecular weight excluding hydrogens is 264 g/mol. The number of rotatable bonds is 4. The van der Waals surface area contributed by atoms with Crippen LogP contribution in [0.3, 0.4) is 0 Å². The van der Waals surface area contributed by atoms with Gasteiger partial charge in [-0.3, -0.25) is 9.59 Å². The fraction of sp³-hybridized carbons (Fsp3) is 0. The van der Waals surface area contributed by atoms with Crippen LogP contribution >= 0.6 is 0 Å². The van der Waals surface area contributed by atoms with Crippen molar-refractivity contribution in [2.75, 3.05) is 0 Å². The Labute approximate surface area is 121 Å². The molecule has 0 fully saturated rings. The molecule has 0 aliphatic heterocycles. The van der Waals surface area contributed by atoms with Crippen molar-refractivity contribution >= 4 is 11.6 Å². The van der Waals surface area contributed by atoms with E-state index in [1.54, 1.807) is 60.7 Å². The Hall–Kier alpha value is -2.94. The molecule has 0 N–H and O–H groups in total. The Morgan fingerprint density at radius 2 is 1.43 bits per heavy atom. The zero-order valence-corrected chi connectivity index (χ0v) is 11.2. The normalized spacial score (nSPS) is 10.3. The van der Waals surface area contributed by atoms with Gasteiger partial charge in [-0.05, 0) is 12.1 Å². The summed E-state index contributed by atoms with van der Waals surface area (Å²) < 4.78 is 5.33. The van der Waals surface area contributed by atoms with Crippen LogP contribution in [-0.4, -0.2) is 11.6 Å². The summed E-state index contributed by atoms with van der Waals surface area (Å²) in [6.07, 6.45) is 1.54. The first-order chi connectivity index (χ1) is 10.3. The van der Waals surface area contributed by atoms with Gasteiger partial charge in [0.05, 0.1) is 6.26 Å². The molecule has 1 heterocycles. The topological polar surface area (TPSA) is 47.3 Å². The third-order valence-corrected chi connectivity index (χ3v) is 3.20. The first kappa shape index (κ1) is 13.1. The summed E-state index contributed by atoms with van der Waals surface area (Å²) in [4.78, 5) is 24.8. The molecule has 0 aliphatic carbocycles. The van der Waals surface area contributed by atoms with Crippen LogP contribution < -0.4 is 0 Å². The minimum absolute atomic E-state index is 0.348. The number of furan rings is 1. The second kappa shape index (κ2) is 5.59. The molecule has 0 atom stereocenters. The Balaban J connectivity index is 2.02. The van der Waals surface area contributed by atoms with Gasteiger partial charge in [0.15, 0.2) is 0 Å². The first-order valence-electron chi connectivity index (χ1n) is 6.54. The molecule has 3 rings (SSSR count). The largest absolute Gasteiger partial charge is 0.464 e. The van der Waals surface area contributed by atoms with Crippen molar-refractivity contribution in [1.29, 1.82) is 0 Å². The molecule has 3 aromatic rings. The van der Waals surface area contributed by atoms with Crippen LogP contribution in [-0.2, 0) is 0 Å². The molecule has 1 aromatic heterocycles. The van der Waals surface area contributed by atoms with Gasteiger partial charge < -0.3 is 4.42 Å². The standard InChI is InChI=1S/C18H12O3/c19-17(13-7-2-1-3-8-13)18(20)15-10-5-4-9-14(15)16-11-6-12-21-16/h1-12H. The maximum absolute atomic E-state index is 12.5. The maximum atomic E-state index is 12.5. The minimum Gasteiger partial charge on any atom is -0.464 e. The highest BCUT2D eigenvalue weighted by Crippen LogP contribution is 2.25. The summed E-state index contributed by atoms with van der Waals surface area (Å²) in [5.41, 5.74) is 1.36. The molecule has 102 valence electrons. The number of benzene rings is 2. The van der Waals surface area contributed by atoms with Crippen molar-refractivity contribution in [1.82, 2.24) is 0 Å². The van der Waals surface area contributed by atoms with Crippen molar-refractivity contribution in [3.8, 4) is 11.3 Å². The number of ketones is 2.